The van der Waals surface area contributed by atoms with Crippen LogP contribution < -0.4 is 9.46 Å². The van der Waals surface area contributed by atoms with Gasteiger partial charge >= 0.3 is 0 Å². The Bertz CT molecular complexity index is 818. The van der Waals surface area contributed by atoms with Crippen molar-refractivity contribution in [1.82, 2.24) is 9.78 Å². The van der Waals surface area contributed by atoms with Gasteiger partial charge < -0.3 is 4.74 Å². The number of hydrogen-bond donors (Lipinski definition) is 1. The first kappa shape index (κ1) is 18.3. The molecule has 0 aliphatic carbocycles. The topological polar surface area (TPSA) is 73.2 Å². The lowest BCUT2D eigenvalue weighted by atomic mass is 9.92. The summed E-state index contributed by atoms with van der Waals surface area (Å²) in [4.78, 5) is 0.200. The lowest BCUT2D eigenvalue weighted by Crippen LogP contribution is -2.20. The molecule has 0 aliphatic rings. The lowest BCUT2D eigenvalue weighted by Gasteiger charge is -2.18. The SMILES string of the molecule is COc1cccc(NS(=O)(=O)c2cn(C(C)C)nc2C(C)(C)C)c1. The molecule has 1 aromatic heterocycles. The van der Waals surface area contributed by atoms with E-state index in [1.165, 1.54) is 7.11 Å². The average molecular weight is 351 g/mol. The number of anilines is 1. The van der Waals surface area contributed by atoms with E-state index in [0.717, 1.165) is 0 Å². The van der Waals surface area contributed by atoms with Crippen molar-refractivity contribution < 1.29 is 13.2 Å². The molecule has 0 unspecified atom stereocenters. The highest BCUT2D eigenvalue weighted by Crippen LogP contribution is 2.30. The predicted octanol–water partition coefficient (Wildman–Crippen LogP) is 3.57. The van der Waals surface area contributed by atoms with E-state index in [0.29, 0.717) is 17.1 Å². The third-order valence-electron chi connectivity index (χ3n) is 3.55. The molecular weight excluding hydrogens is 326 g/mol. The maximum Gasteiger partial charge on any atom is 0.265 e. The summed E-state index contributed by atoms with van der Waals surface area (Å²) in [5.74, 6) is 0.587. The van der Waals surface area contributed by atoms with Crippen LogP contribution in [-0.4, -0.2) is 25.3 Å². The maximum atomic E-state index is 12.9. The largest absolute Gasteiger partial charge is 0.497 e. The number of nitrogens with zero attached hydrogens (tertiary/aromatic N) is 2. The zero-order valence-electron chi connectivity index (χ0n) is 15.0. The summed E-state index contributed by atoms with van der Waals surface area (Å²) >= 11 is 0. The van der Waals surface area contributed by atoms with Gasteiger partial charge in [0.05, 0.1) is 18.5 Å². The minimum absolute atomic E-state index is 0.0758. The normalized spacial score (nSPS) is 12.5. The third-order valence-corrected chi connectivity index (χ3v) is 4.93. The van der Waals surface area contributed by atoms with Crippen molar-refractivity contribution in [2.24, 2.45) is 0 Å². The molecule has 6 nitrogen and oxygen atoms in total. The zero-order chi connectivity index (χ0) is 18.1. The highest BCUT2D eigenvalue weighted by molar-refractivity contribution is 7.92. The van der Waals surface area contributed by atoms with Crippen LogP contribution in [0.15, 0.2) is 35.4 Å². The van der Waals surface area contributed by atoms with Crippen LogP contribution in [0.3, 0.4) is 0 Å². The van der Waals surface area contributed by atoms with Crippen molar-refractivity contribution in [3.63, 3.8) is 0 Å². The van der Waals surface area contributed by atoms with Gasteiger partial charge in [0.25, 0.3) is 10.0 Å². The Morgan fingerprint density at radius 3 is 2.46 bits per heavy atom. The Hall–Kier alpha value is -2.02. The van der Waals surface area contributed by atoms with Gasteiger partial charge in [-0.2, -0.15) is 5.10 Å². The smallest absolute Gasteiger partial charge is 0.265 e. The Kier molecular flexibility index (Phi) is 4.94. The molecule has 1 N–H and O–H groups in total. The number of sulfonamides is 1. The van der Waals surface area contributed by atoms with E-state index in [1.807, 2.05) is 34.6 Å². The number of methoxy groups -OCH3 is 1. The molecule has 0 saturated heterocycles. The molecule has 1 heterocycles. The van der Waals surface area contributed by atoms with Crippen molar-refractivity contribution in [2.45, 2.75) is 51.0 Å². The van der Waals surface area contributed by atoms with Gasteiger partial charge in [0.1, 0.15) is 10.6 Å². The van der Waals surface area contributed by atoms with Crippen molar-refractivity contribution >= 4 is 15.7 Å². The van der Waals surface area contributed by atoms with E-state index < -0.39 is 15.4 Å². The van der Waals surface area contributed by atoms with Gasteiger partial charge in [-0.1, -0.05) is 26.8 Å². The number of ether oxygens (including phenoxy) is 1. The third kappa shape index (κ3) is 3.90. The number of aromatic nitrogens is 2. The van der Waals surface area contributed by atoms with Crippen molar-refractivity contribution in [3.05, 3.63) is 36.2 Å². The van der Waals surface area contributed by atoms with Crippen molar-refractivity contribution in [2.75, 3.05) is 11.8 Å². The summed E-state index contributed by atoms with van der Waals surface area (Å²) in [5.41, 5.74) is 0.608. The number of rotatable bonds is 5. The highest BCUT2D eigenvalue weighted by Gasteiger charge is 2.30. The van der Waals surface area contributed by atoms with Crippen molar-refractivity contribution in [1.29, 1.82) is 0 Å². The van der Waals surface area contributed by atoms with E-state index in [4.69, 9.17) is 4.74 Å². The molecule has 0 bridgehead atoms. The quantitative estimate of drug-likeness (QED) is 0.894. The molecule has 0 atom stereocenters. The molecule has 7 heteroatoms. The van der Waals surface area contributed by atoms with Crippen LogP contribution in [0.2, 0.25) is 0 Å². The van der Waals surface area contributed by atoms with Crippen LogP contribution >= 0.6 is 0 Å². The summed E-state index contributed by atoms with van der Waals surface area (Å²) in [7, 11) is -2.21. The number of nitrogens with one attached hydrogen (secondary N) is 1. The number of hydrogen-bond acceptors (Lipinski definition) is 4. The van der Waals surface area contributed by atoms with E-state index in [9.17, 15) is 8.42 Å². The second kappa shape index (κ2) is 6.47. The van der Waals surface area contributed by atoms with Crippen LogP contribution in [0.4, 0.5) is 5.69 Å². The van der Waals surface area contributed by atoms with E-state index >= 15 is 0 Å². The van der Waals surface area contributed by atoms with Crippen LogP contribution in [-0.2, 0) is 15.4 Å². The van der Waals surface area contributed by atoms with Crippen LogP contribution in [0.25, 0.3) is 0 Å². The molecule has 0 fully saturated rings. The Balaban J connectivity index is 2.48. The maximum absolute atomic E-state index is 12.9. The second-order valence-electron chi connectivity index (χ2n) is 7.00. The zero-order valence-corrected chi connectivity index (χ0v) is 15.8. The van der Waals surface area contributed by atoms with Crippen LogP contribution in [0.1, 0.15) is 46.4 Å². The Labute approximate surface area is 143 Å². The van der Waals surface area contributed by atoms with E-state index in [1.54, 1.807) is 35.1 Å². The first-order chi connectivity index (χ1) is 11.0. The molecular formula is C17H25N3O3S. The summed E-state index contributed by atoms with van der Waals surface area (Å²) in [5, 5.41) is 4.50. The first-order valence-electron chi connectivity index (χ1n) is 7.81. The fourth-order valence-electron chi connectivity index (χ4n) is 2.25. The fraction of sp³-hybridized carbons (Fsp3) is 0.471. The van der Waals surface area contributed by atoms with Gasteiger partial charge in [0.15, 0.2) is 0 Å². The van der Waals surface area contributed by atoms with Gasteiger partial charge in [0.2, 0.25) is 0 Å². The molecule has 0 spiro atoms. The van der Waals surface area contributed by atoms with Crippen molar-refractivity contribution in [3.8, 4) is 5.75 Å². The fourth-order valence-corrected chi connectivity index (χ4v) is 3.65. The highest BCUT2D eigenvalue weighted by atomic mass is 32.2. The summed E-state index contributed by atoms with van der Waals surface area (Å²) in [6.07, 6.45) is 1.59. The minimum Gasteiger partial charge on any atom is -0.497 e. The van der Waals surface area contributed by atoms with Gasteiger partial charge in [-0.15, -0.1) is 0 Å². The molecule has 0 aliphatic heterocycles. The molecule has 0 amide bonds. The molecule has 1 aromatic carbocycles. The Morgan fingerprint density at radius 2 is 1.92 bits per heavy atom. The molecule has 0 radical (unpaired) electrons. The van der Waals surface area contributed by atoms with Gasteiger partial charge in [0, 0.05) is 23.7 Å². The second-order valence-corrected chi connectivity index (χ2v) is 8.65. The lowest BCUT2D eigenvalue weighted by molar-refractivity contribution is 0.415. The average Bonchev–Trinajstić information content (AvgIpc) is 2.93. The molecule has 24 heavy (non-hydrogen) atoms. The monoisotopic (exact) mass is 351 g/mol. The Morgan fingerprint density at radius 1 is 1.25 bits per heavy atom. The van der Waals surface area contributed by atoms with Crippen LogP contribution in [0, 0.1) is 0 Å². The summed E-state index contributed by atoms with van der Waals surface area (Å²) in [6, 6.07) is 6.89. The number of benzene rings is 1. The van der Waals surface area contributed by atoms with E-state index in [-0.39, 0.29) is 10.9 Å². The van der Waals surface area contributed by atoms with E-state index in [2.05, 4.69) is 9.82 Å². The molecule has 132 valence electrons. The predicted molar refractivity (Wildman–Crippen MR) is 95.1 cm³/mol. The minimum atomic E-state index is -3.75. The van der Waals surface area contributed by atoms with Gasteiger partial charge in [-0.05, 0) is 26.0 Å². The molecule has 2 rings (SSSR count). The van der Waals surface area contributed by atoms with Gasteiger partial charge in [-0.25, -0.2) is 8.42 Å². The summed E-state index contributed by atoms with van der Waals surface area (Å²) in [6.45, 7) is 9.77. The summed E-state index contributed by atoms with van der Waals surface area (Å²) < 4.78 is 35.2. The molecule has 2 aromatic rings. The first-order valence-corrected chi connectivity index (χ1v) is 9.29. The van der Waals surface area contributed by atoms with Crippen LogP contribution in [0.5, 0.6) is 5.75 Å². The standard InChI is InChI=1S/C17H25N3O3S/c1-12(2)20-11-15(16(18-20)17(3,4)5)24(21,22)19-13-8-7-9-14(10-13)23-6/h7-12,19H,1-6H3. The molecule has 0 saturated carbocycles. The van der Waals surface area contributed by atoms with Gasteiger partial charge in [-0.3, -0.25) is 9.40 Å².